The fraction of sp³-hybridized carbons (Fsp3) is 0.148. The van der Waals surface area contributed by atoms with E-state index in [4.69, 9.17) is 0 Å². The van der Waals surface area contributed by atoms with Gasteiger partial charge >= 0.3 is 0 Å². The number of benzene rings is 4. The minimum absolute atomic E-state index is 0.0850. The number of nitrogens with one attached hydrogen (secondary N) is 2. The molecule has 0 aliphatic rings. The molecular weight excluding hydrogens is 432 g/mol. The molecule has 168 valence electrons. The summed E-state index contributed by atoms with van der Waals surface area (Å²) in [5.74, 6) is -0.327. The Kier molecular flexibility index (Phi) is 6.20. The van der Waals surface area contributed by atoms with Crippen LogP contribution in [0.4, 0.5) is 5.69 Å². The van der Waals surface area contributed by atoms with E-state index in [2.05, 4.69) is 10.0 Å². The molecule has 0 aliphatic heterocycles. The van der Waals surface area contributed by atoms with Crippen LogP contribution in [0.2, 0.25) is 0 Å². The van der Waals surface area contributed by atoms with Gasteiger partial charge in [0.2, 0.25) is 0 Å². The molecule has 0 aromatic heterocycles. The third-order valence-corrected chi connectivity index (χ3v) is 7.15. The van der Waals surface area contributed by atoms with Crippen molar-refractivity contribution in [3.8, 4) is 0 Å². The van der Waals surface area contributed by atoms with E-state index in [-0.39, 0.29) is 10.8 Å². The van der Waals surface area contributed by atoms with Gasteiger partial charge in [0.25, 0.3) is 15.9 Å². The first-order chi connectivity index (χ1) is 15.7. The Morgan fingerprint density at radius 2 is 1.52 bits per heavy atom. The van der Waals surface area contributed by atoms with E-state index >= 15 is 0 Å². The molecule has 6 heteroatoms. The van der Waals surface area contributed by atoms with Crippen LogP contribution in [0.1, 0.15) is 32.6 Å². The Labute approximate surface area is 194 Å². The van der Waals surface area contributed by atoms with Gasteiger partial charge in [-0.25, -0.2) is 8.42 Å². The Balaban J connectivity index is 1.54. The van der Waals surface area contributed by atoms with Crippen LogP contribution < -0.4 is 10.0 Å². The molecule has 0 heterocycles. The number of carbonyl (C=O) groups is 1. The highest BCUT2D eigenvalue weighted by Crippen LogP contribution is 2.24. The molecule has 0 radical (unpaired) electrons. The van der Waals surface area contributed by atoms with Gasteiger partial charge in [0.05, 0.1) is 10.6 Å². The van der Waals surface area contributed by atoms with Gasteiger partial charge in [-0.1, -0.05) is 54.6 Å². The minimum Gasteiger partial charge on any atom is -0.348 e. The number of hydrogen-bond acceptors (Lipinski definition) is 3. The predicted molar refractivity (Wildman–Crippen MR) is 133 cm³/mol. The molecule has 0 saturated heterocycles. The highest BCUT2D eigenvalue weighted by Gasteiger charge is 2.20. The van der Waals surface area contributed by atoms with Gasteiger partial charge < -0.3 is 5.32 Å². The number of anilines is 1. The van der Waals surface area contributed by atoms with Gasteiger partial charge in [-0.2, -0.15) is 0 Å². The number of aryl methyl sites for hydroxylation is 3. The monoisotopic (exact) mass is 458 g/mol. The Morgan fingerprint density at radius 1 is 0.788 bits per heavy atom. The summed E-state index contributed by atoms with van der Waals surface area (Å²) < 4.78 is 28.9. The van der Waals surface area contributed by atoms with Gasteiger partial charge in [0.15, 0.2) is 0 Å². The van der Waals surface area contributed by atoms with E-state index in [9.17, 15) is 13.2 Å². The van der Waals surface area contributed by atoms with Gasteiger partial charge in [-0.05, 0) is 78.1 Å². The van der Waals surface area contributed by atoms with Crippen molar-refractivity contribution in [2.24, 2.45) is 0 Å². The second-order valence-electron chi connectivity index (χ2n) is 8.27. The number of carbonyl (C=O) groups excluding carboxylic acids is 1. The lowest BCUT2D eigenvalue weighted by Crippen LogP contribution is -2.23. The number of amides is 1. The van der Waals surface area contributed by atoms with Crippen molar-refractivity contribution in [2.45, 2.75) is 32.2 Å². The summed E-state index contributed by atoms with van der Waals surface area (Å²) in [6, 6.07) is 24.4. The van der Waals surface area contributed by atoms with Crippen LogP contribution in [-0.2, 0) is 16.6 Å². The van der Waals surface area contributed by atoms with Crippen LogP contribution in [-0.4, -0.2) is 14.3 Å². The lowest BCUT2D eigenvalue weighted by atomic mass is 10.1. The molecule has 0 aliphatic carbocycles. The predicted octanol–water partition coefficient (Wildman–Crippen LogP) is 5.50. The molecule has 0 fully saturated rings. The lowest BCUT2D eigenvalue weighted by molar-refractivity contribution is 0.0950. The number of sulfonamides is 1. The average Bonchev–Trinajstić information content (AvgIpc) is 2.79. The van der Waals surface area contributed by atoms with E-state index in [1.807, 2.05) is 68.4 Å². The van der Waals surface area contributed by atoms with E-state index in [1.54, 1.807) is 25.1 Å². The van der Waals surface area contributed by atoms with Crippen LogP contribution in [0, 0.1) is 20.8 Å². The van der Waals surface area contributed by atoms with Crippen molar-refractivity contribution in [3.63, 3.8) is 0 Å². The highest BCUT2D eigenvalue weighted by molar-refractivity contribution is 7.92. The molecule has 2 N–H and O–H groups in total. The third kappa shape index (κ3) is 5.07. The number of hydrogen-bond donors (Lipinski definition) is 2. The van der Waals surface area contributed by atoms with Crippen molar-refractivity contribution in [2.75, 3.05) is 4.72 Å². The van der Waals surface area contributed by atoms with E-state index in [0.29, 0.717) is 23.4 Å². The van der Waals surface area contributed by atoms with E-state index in [0.717, 1.165) is 27.5 Å². The first-order valence-electron chi connectivity index (χ1n) is 10.7. The zero-order valence-corrected chi connectivity index (χ0v) is 19.7. The molecule has 0 bridgehead atoms. The quantitative estimate of drug-likeness (QED) is 0.401. The first kappa shape index (κ1) is 22.6. The summed E-state index contributed by atoms with van der Waals surface area (Å²) in [5, 5.41) is 5.13. The zero-order chi connectivity index (χ0) is 23.6. The average molecular weight is 459 g/mol. The summed E-state index contributed by atoms with van der Waals surface area (Å²) in [4.78, 5) is 12.9. The molecule has 4 aromatic carbocycles. The Morgan fingerprint density at radius 3 is 2.30 bits per heavy atom. The van der Waals surface area contributed by atoms with Gasteiger partial charge in [0.1, 0.15) is 0 Å². The summed E-state index contributed by atoms with van der Waals surface area (Å²) >= 11 is 0. The summed E-state index contributed by atoms with van der Waals surface area (Å²) in [5.41, 5.74) is 4.14. The largest absolute Gasteiger partial charge is 0.348 e. The van der Waals surface area contributed by atoms with Crippen molar-refractivity contribution in [3.05, 3.63) is 107 Å². The molecule has 33 heavy (non-hydrogen) atoms. The molecule has 0 atom stereocenters. The zero-order valence-electron chi connectivity index (χ0n) is 18.8. The SMILES string of the molecule is Cc1ccc(C)c(NS(=O)(=O)c2cc(C(=O)NCc3ccc4ccccc4c3)ccc2C)c1. The number of rotatable bonds is 6. The van der Waals surface area contributed by atoms with Crippen LogP contribution in [0.3, 0.4) is 0 Å². The highest BCUT2D eigenvalue weighted by atomic mass is 32.2. The topological polar surface area (TPSA) is 75.3 Å². The van der Waals surface area contributed by atoms with Crippen LogP contribution >= 0.6 is 0 Å². The molecule has 1 amide bonds. The van der Waals surface area contributed by atoms with Crippen molar-refractivity contribution in [1.82, 2.24) is 5.32 Å². The standard InChI is InChI=1S/C27H26N2O3S/c1-18-8-9-19(2)25(14-18)29-33(31,32)26-16-24(12-10-20(26)3)27(30)28-17-21-11-13-22-6-4-5-7-23(22)15-21/h4-16,29H,17H2,1-3H3,(H,28,30). The lowest BCUT2D eigenvalue weighted by Gasteiger charge is -2.14. The van der Waals surface area contributed by atoms with Crippen molar-refractivity contribution >= 4 is 32.4 Å². The summed E-state index contributed by atoms with van der Waals surface area (Å²) in [6.45, 7) is 5.82. The molecule has 0 unspecified atom stereocenters. The maximum Gasteiger partial charge on any atom is 0.262 e. The van der Waals surface area contributed by atoms with Crippen molar-refractivity contribution in [1.29, 1.82) is 0 Å². The third-order valence-electron chi connectivity index (χ3n) is 5.64. The molecule has 4 aromatic rings. The first-order valence-corrected chi connectivity index (χ1v) is 12.2. The van der Waals surface area contributed by atoms with E-state index in [1.165, 1.54) is 6.07 Å². The fourth-order valence-electron chi connectivity index (χ4n) is 3.71. The maximum atomic E-state index is 13.1. The number of fused-ring (bicyclic) bond motifs is 1. The Bertz CT molecular complexity index is 1460. The fourth-order valence-corrected chi connectivity index (χ4v) is 5.10. The summed E-state index contributed by atoms with van der Waals surface area (Å²) in [6.07, 6.45) is 0. The molecular formula is C27H26N2O3S. The minimum atomic E-state index is -3.86. The van der Waals surface area contributed by atoms with Gasteiger partial charge in [0, 0.05) is 12.1 Å². The second-order valence-corrected chi connectivity index (χ2v) is 9.92. The summed E-state index contributed by atoms with van der Waals surface area (Å²) in [7, 11) is -3.86. The molecule has 0 saturated carbocycles. The van der Waals surface area contributed by atoms with Crippen LogP contribution in [0.25, 0.3) is 10.8 Å². The smallest absolute Gasteiger partial charge is 0.262 e. The molecule has 5 nitrogen and oxygen atoms in total. The van der Waals surface area contributed by atoms with Crippen molar-refractivity contribution < 1.29 is 13.2 Å². The van der Waals surface area contributed by atoms with Crippen LogP contribution in [0.15, 0.2) is 83.8 Å². The molecule has 4 rings (SSSR count). The maximum absolute atomic E-state index is 13.1. The van der Waals surface area contributed by atoms with E-state index < -0.39 is 10.0 Å². The normalized spacial score (nSPS) is 11.4. The van der Waals surface area contributed by atoms with Crippen LogP contribution in [0.5, 0.6) is 0 Å². The van der Waals surface area contributed by atoms with Gasteiger partial charge in [-0.3, -0.25) is 9.52 Å². The molecule has 0 spiro atoms. The van der Waals surface area contributed by atoms with Gasteiger partial charge in [-0.15, -0.1) is 0 Å². The second kappa shape index (κ2) is 9.08. The Hall–Kier alpha value is -3.64.